The molecule has 0 bridgehead atoms. The minimum absolute atomic E-state index is 0.463. The van der Waals surface area contributed by atoms with Crippen molar-refractivity contribution in [2.24, 2.45) is 0 Å². The Labute approximate surface area is 135 Å². The number of benzene rings is 2. The van der Waals surface area contributed by atoms with Crippen LogP contribution in [0, 0.1) is 0 Å². The second-order valence-corrected chi connectivity index (χ2v) is 6.45. The summed E-state index contributed by atoms with van der Waals surface area (Å²) in [6.07, 6.45) is 4.86. The lowest BCUT2D eigenvalue weighted by molar-refractivity contribution is -0.0314. The van der Waals surface area contributed by atoms with Crippen LogP contribution in [0.15, 0.2) is 54.9 Å². The van der Waals surface area contributed by atoms with E-state index in [-0.39, 0.29) is 0 Å². The molecule has 1 fully saturated rings. The molecule has 0 unspecified atom stereocenters. The van der Waals surface area contributed by atoms with E-state index in [1.165, 1.54) is 5.56 Å². The number of fused-ring (bicyclic) bond motifs is 1. The van der Waals surface area contributed by atoms with Gasteiger partial charge in [0.05, 0.1) is 16.6 Å². The van der Waals surface area contributed by atoms with Crippen molar-refractivity contribution >= 4 is 11.0 Å². The van der Waals surface area contributed by atoms with Gasteiger partial charge in [0.25, 0.3) is 0 Å². The maximum Gasteiger partial charge on any atom is 0.100 e. The third-order valence-electron chi connectivity index (χ3n) is 4.74. The summed E-state index contributed by atoms with van der Waals surface area (Å²) in [5.41, 5.74) is 3.99. The van der Waals surface area contributed by atoms with Gasteiger partial charge in [0.1, 0.15) is 6.33 Å². The summed E-state index contributed by atoms with van der Waals surface area (Å²) < 4.78 is 2.10. The average Bonchev–Trinajstić information content (AvgIpc) is 2.98. The van der Waals surface area contributed by atoms with Gasteiger partial charge in [-0.2, -0.15) is 0 Å². The fourth-order valence-corrected chi connectivity index (χ4v) is 3.14. The Balaban J connectivity index is 1.45. The minimum atomic E-state index is -0.463. The number of hydrogen-bond acceptors (Lipinski definition) is 3. The van der Waals surface area contributed by atoms with Crippen molar-refractivity contribution in [1.82, 2.24) is 14.9 Å². The van der Waals surface area contributed by atoms with Crippen LogP contribution in [-0.4, -0.2) is 26.8 Å². The Morgan fingerprint density at radius 2 is 1.87 bits per heavy atom. The molecule has 4 rings (SSSR count). The molecule has 4 heteroatoms. The topological polar surface area (TPSA) is 50.1 Å². The van der Waals surface area contributed by atoms with Crippen LogP contribution in [0.25, 0.3) is 16.7 Å². The van der Waals surface area contributed by atoms with Crippen LogP contribution in [0.1, 0.15) is 24.8 Å². The smallest absolute Gasteiger partial charge is 0.100 e. The molecule has 0 atom stereocenters. The number of para-hydroxylation sites is 2. The second-order valence-electron chi connectivity index (χ2n) is 6.45. The Hall–Kier alpha value is -2.17. The van der Waals surface area contributed by atoms with Crippen LogP contribution >= 0.6 is 0 Å². The van der Waals surface area contributed by atoms with E-state index in [0.29, 0.717) is 6.54 Å². The van der Waals surface area contributed by atoms with Crippen LogP contribution in [0.3, 0.4) is 0 Å². The van der Waals surface area contributed by atoms with Gasteiger partial charge in [-0.05, 0) is 49.1 Å². The first-order valence-electron chi connectivity index (χ1n) is 8.18. The van der Waals surface area contributed by atoms with Crippen LogP contribution in [0.5, 0.6) is 0 Å². The number of hydrogen-bond donors (Lipinski definition) is 2. The zero-order chi connectivity index (χ0) is 15.7. The molecule has 0 radical (unpaired) electrons. The summed E-state index contributed by atoms with van der Waals surface area (Å²) in [5.74, 6) is 0. The van der Waals surface area contributed by atoms with Gasteiger partial charge < -0.3 is 10.4 Å². The molecule has 1 heterocycles. The number of aliphatic hydroxyl groups is 1. The Morgan fingerprint density at radius 3 is 2.61 bits per heavy atom. The molecule has 1 aliphatic rings. The van der Waals surface area contributed by atoms with Crippen molar-refractivity contribution in [3.05, 3.63) is 60.4 Å². The molecular formula is C19H21N3O. The van der Waals surface area contributed by atoms with Crippen molar-refractivity contribution in [2.75, 3.05) is 6.54 Å². The van der Waals surface area contributed by atoms with E-state index in [4.69, 9.17) is 0 Å². The fraction of sp³-hybridized carbons (Fsp3) is 0.316. The van der Waals surface area contributed by atoms with E-state index < -0.39 is 5.60 Å². The normalized spacial score (nSPS) is 16.4. The molecule has 2 N–H and O–H groups in total. The minimum Gasteiger partial charge on any atom is -0.389 e. The van der Waals surface area contributed by atoms with E-state index >= 15 is 0 Å². The number of rotatable bonds is 5. The van der Waals surface area contributed by atoms with Gasteiger partial charge in [-0.1, -0.05) is 24.3 Å². The van der Waals surface area contributed by atoms with E-state index in [1.807, 2.05) is 24.5 Å². The van der Waals surface area contributed by atoms with Crippen LogP contribution in [-0.2, 0) is 6.54 Å². The molecule has 23 heavy (non-hydrogen) atoms. The van der Waals surface area contributed by atoms with Crippen molar-refractivity contribution in [1.29, 1.82) is 0 Å². The van der Waals surface area contributed by atoms with Gasteiger partial charge in [0.15, 0.2) is 0 Å². The summed E-state index contributed by atoms with van der Waals surface area (Å²) in [6.45, 7) is 1.47. The summed E-state index contributed by atoms with van der Waals surface area (Å²) >= 11 is 0. The molecule has 1 saturated carbocycles. The average molecular weight is 307 g/mol. The highest BCUT2D eigenvalue weighted by Gasteiger charge is 2.33. The first-order chi connectivity index (χ1) is 11.2. The predicted octanol–water partition coefficient (Wildman–Crippen LogP) is 3.03. The lowest BCUT2D eigenvalue weighted by atomic mass is 9.80. The fourth-order valence-electron chi connectivity index (χ4n) is 3.14. The lowest BCUT2D eigenvalue weighted by Crippen LogP contribution is -2.45. The Kier molecular flexibility index (Phi) is 3.63. The molecule has 0 saturated heterocycles. The maximum absolute atomic E-state index is 10.1. The molecule has 3 aromatic rings. The zero-order valence-electron chi connectivity index (χ0n) is 13.1. The van der Waals surface area contributed by atoms with Crippen molar-refractivity contribution in [2.45, 2.75) is 31.4 Å². The summed E-state index contributed by atoms with van der Waals surface area (Å²) in [4.78, 5) is 4.43. The van der Waals surface area contributed by atoms with Crippen molar-refractivity contribution < 1.29 is 5.11 Å². The van der Waals surface area contributed by atoms with Crippen LogP contribution in [0.2, 0.25) is 0 Å². The highest BCUT2D eigenvalue weighted by molar-refractivity contribution is 5.77. The third-order valence-corrected chi connectivity index (χ3v) is 4.74. The number of imidazole rings is 1. The number of nitrogens with one attached hydrogen (secondary N) is 1. The Bertz CT molecular complexity index is 803. The predicted molar refractivity (Wildman–Crippen MR) is 91.6 cm³/mol. The molecule has 0 aliphatic heterocycles. The van der Waals surface area contributed by atoms with Gasteiger partial charge in [-0.25, -0.2) is 4.98 Å². The molecule has 4 nitrogen and oxygen atoms in total. The summed E-state index contributed by atoms with van der Waals surface area (Å²) in [7, 11) is 0. The molecule has 1 aliphatic carbocycles. The van der Waals surface area contributed by atoms with Gasteiger partial charge in [0.2, 0.25) is 0 Å². The number of aromatic nitrogens is 2. The van der Waals surface area contributed by atoms with Gasteiger partial charge in [-0.3, -0.25) is 4.57 Å². The van der Waals surface area contributed by atoms with E-state index in [0.717, 1.165) is 42.5 Å². The SMILES string of the molecule is OC1(CNCc2ccc(-n3cnc4ccccc43)cc2)CCC1. The highest BCUT2D eigenvalue weighted by atomic mass is 16.3. The molecule has 0 amide bonds. The zero-order valence-corrected chi connectivity index (χ0v) is 13.1. The first kappa shape index (κ1) is 14.4. The molecule has 118 valence electrons. The standard InChI is InChI=1S/C19H21N3O/c23-19(10-3-11-19)13-20-12-15-6-8-16(9-7-15)22-14-21-17-4-1-2-5-18(17)22/h1-2,4-9,14,20,23H,3,10-13H2. The quantitative estimate of drug-likeness (QED) is 0.762. The lowest BCUT2D eigenvalue weighted by Gasteiger charge is -2.36. The van der Waals surface area contributed by atoms with Crippen LogP contribution < -0.4 is 5.32 Å². The molecule has 0 spiro atoms. The maximum atomic E-state index is 10.1. The van der Waals surface area contributed by atoms with E-state index in [9.17, 15) is 5.11 Å². The van der Waals surface area contributed by atoms with E-state index in [1.54, 1.807) is 0 Å². The molecule has 1 aromatic heterocycles. The van der Waals surface area contributed by atoms with Gasteiger partial charge in [-0.15, -0.1) is 0 Å². The van der Waals surface area contributed by atoms with E-state index in [2.05, 4.69) is 45.2 Å². The van der Waals surface area contributed by atoms with Gasteiger partial charge >= 0.3 is 0 Å². The highest BCUT2D eigenvalue weighted by Crippen LogP contribution is 2.30. The summed E-state index contributed by atoms with van der Waals surface area (Å²) in [5, 5.41) is 13.4. The summed E-state index contributed by atoms with van der Waals surface area (Å²) in [6, 6.07) is 16.6. The van der Waals surface area contributed by atoms with Crippen LogP contribution in [0.4, 0.5) is 0 Å². The third kappa shape index (κ3) is 2.87. The van der Waals surface area contributed by atoms with Gasteiger partial charge in [0, 0.05) is 18.8 Å². The van der Waals surface area contributed by atoms with Crippen molar-refractivity contribution in [3.8, 4) is 5.69 Å². The number of nitrogens with zero attached hydrogens (tertiary/aromatic N) is 2. The molecule has 2 aromatic carbocycles. The Morgan fingerprint density at radius 1 is 1.09 bits per heavy atom. The van der Waals surface area contributed by atoms with Crippen molar-refractivity contribution in [3.63, 3.8) is 0 Å². The monoisotopic (exact) mass is 307 g/mol. The molecular weight excluding hydrogens is 286 g/mol. The first-order valence-corrected chi connectivity index (χ1v) is 8.18. The largest absolute Gasteiger partial charge is 0.389 e. The second kappa shape index (κ2) is 5.80.